The van der Waals surface area contributed by atoms with Crippen molar-refractivity contribution in [1.82, 2.24) is 0 Å². The minimum absolute atomic E-state index is 0.0629. The zero-order valence-electron chi connectivity index (χ0n) is 6.19. The molecule has 1 aliphatic rings. The molecule has 0 radical (unpaired) electrons. The van der Waals surface area contributed by atoms with Crippen molar-refractivity contribution in [3.8, 4) is 0 Å². The van der Waals surface area contributed by atoms with E-state index in [1.807, 2.05) is 0 Å². The molecule has 1 fully saturated rings. The van der Waals surface area contributed by atoms with E-state index in [1.54, 1.807) is 6.92 Å². The van der Waals surface area contributed by atoms with Gasteiger partial charge in [-0.1, -0.05) is 11.6 Å². The molecular weight excluding hydrogens is 191 g/mol. The Hall–Kier alpha value is -0.150. The SMILES string of the molecule is C[C@@]1(Cl)COC(=O)O[C@@]1(C)Cl. The molecule has 0 bridgehead atoms. The first-order valence-corrected chi connectivity index (χ1v) is 3.84. The molecule has 0 spiro atoms. The van der Waals surface area contributed by atoms with Crippen LogP contribution in [0.1, 0.15) is 13.8 Å². The molecule has 0 N–H and O–H groups in total. The summed E-state index contributed by atoms with van der Waals surface area (Å²) in [4.78, 5) is 9.71. The van der Waals surface area contributed by atoms with Crippen LogP contribution in [0.2, 0.25) is 0 Å². The Morgan fingerprint density at radius 1 is 1.45 bits per heavy atom. The van der Waals surface area contributed by atoms with Gasteiger partial charge in [0.15, 0.2) is 0 Å². The van der Waals surface area contributed by atoms with Gasteiger partial charge >= 0.3 is 6.16 Å². The number of carbonyl (C=O) groups is 1. The molecule has 2 atom stereocenters. The molecule has 64 valence electrons. The Balaban J connectivity index is 2.80. The van der Waals surface area contributed by atoms with Gasteiger partial charge in [0, 0.05) is 0 Å². The summed E-state index contributed by atoms with van der Waals surface area (Å²) in [6.45, 7) is 3.24. The molecule has 1 heterocycles. The van der Waals surface area contributed by atoms with E-state index in [1.165, 1.54) is 6.92 Å². The van der Waals surface area contributed by atoms with Crippen molar-refractivity contribution < 1.29 is 14.3 Å². The maximum Gasteiger partial charge on any atom is 0.510 e. The maximum atomic E-state index is 10.6. The van der Waals surface area contributed by atoms with E-state index < -0.39 is 16.1 Å². The molecule has 0 amide bonds. The quantitative estimate of drug-likeness (QED) is 0.442. The van der Waals surface area contributed by atoms with Crippen LogP contribution in [0.4, 0.5) is 4.79 Å². The van der Waals surface area contributed by atoms with E-state index in [-0.39, 0.29) is 6.61 Å². The largest absolute Gasteiger partial charge is 0.510 e. The minimum atomic E-state index is -1.19. The van der Waals surface area contributed by atoms with Crippen molar-refractivity contribution in [2.45, 2.75) is 23.8 Å². The van der Waals surface area contributed by atoms with E-state index in [0.29, 0.717) is 0 Å². The lowest BCUT2D eigenvalue weighted by Crippen LogP contribution is -2.52. The second-order valence-electron chi connectivity index (χ2n) is 2.75. The summed E-state index contributed by atoms with van der Waals surface area (Å²) in [5.74, 6) is 0. The lowest BCUT2D eigenvalue weighted by molar-refractivity contribution is -0.0565. The Morgan fingerprint density at radius 2 is 2.00 bits per heavy atom. The maximum absolute atomic E-state index is 10.6. The number of hydrogen-bond donors (Lipinski definition) is 0. The molecule has 0 aliphatic carbocycles. The number of halogens is 2. The summed E-state index contributed by atoms with van der Waals surface area (Å²) in [6, 6.07) is 0. The molecule has 0 unspecified atom stereocenters. The zero-order chi connectivity index (χ0) is 8.70. The average molecular weight is 199 g/mol. The standard InChI is InChI=1S/C6H8Cl2O3/c1-5(7)3-10-4(9)11-6(5,2)8/h3H2,1-2H3/t5-,6-/m1/s1. The van der Waals surface area contributed by atoms with Gasteiger partial charge in [-0.15, -0.1) is 11.6 Å². The van der Waals surface area contributed by atoms with Gasteiger partial charge in [-0.25, -0.2) is 4.79 Å². The molecule has 1 saturated heterocycles. The first-order chi connectivity index (χ1) is 4.85. The average Bonchev–Trinajstić information content (AvgIpc) is 1.80. The molecule has 5 heteroatoms. The van der Waals surface area contributed by atoms with Crippen molar-refractivity contribution in [2.24, 2.45) is 0 Å². The molecule has 11 heavy (non-hydrogen) atoms. The van der Waals surface area contributed by atoms with Crippen molar-refractivity contribution in [1.29, 1.82) is 0 Å². The molecule has 3 nitrogen and oxygen atoms in total. The summed E-state index contributed by atoms with van der Waals surface area (Å²) in [5, 5.41) is -1.19. The highest BCUT2D eigenvalue weighted by atomic mass is 35.5. The lowest BCUT2D eigenvalue weighted by Gasteiger charge is -2.38. The summed E-state index contributed by atoms with van der Waals surface area (Å²) in [7, 11) is 0. The van der Waals surface area contributed by atoms with Crippen LogP contribution in [0.25, 0.3) is 0 Å². The van der Waals surface area contributed by atoms with Crippen LogP contribution < -0.4 is 0 Å². The smallest absolute Gasteiger partial charge is 0.432 e. The summed E-state index contributed by atoms with van der Waals surface area (Å²) in [6.07, 6.45) is -0.777. The number of cyclic esters (lactones) is 2. The van der Waals surface area contributed by atoms with Crippen LogP contribution in [0.3, 0.4) is 0 Å². The van der Waals surface area contributed by atoms with Gasteiger partial charge in [0.25, 0.3) is 0 Å². The van der Waals surface area contributed by atoms with Crippen LogP contribution >= 0.6 is 23.2 Å². The van der Waals surface area contributed by atoms with Gasteiger partial charge in [0.1, 0.15) is 11.5 Å². The van der Waals surface area contributed by atoms with Crippen molar-refractivity contribution in [3.63, 3.8) is 0 Å². The fourth-order valence-electron chi connectivity index (χ4n) is 0.616. The molecule has 0 saturated carbocycles. The highest BCUT2D eigenvalue weighted by Crippen LogP contribution is 2.39. The Morgan fingerprint density at radius 3 is 2.36 bits per heavy atom. The Kier molecular flexibility index (Phi) is 1.97. The summed E-state index contributed by atoms with van der Waals surface area (Å²) >= 11 is 11.7. The third-order valence-electron chi connectivity index (χ3n) is 1.67. The number of carbonyl (C=O) groups excluding carboxylic acids is 1. The fourth-order valence-corrected chi connectivity index (χ4v) is 0.826. The summed E-state index contributed by atoms with van der Waals surface area (Å²) < 4.78 is 9.21. The van der Waals surface area contributed by atoms with Gasteiger partial charge in [0.2, 0.25) is 5.06 Å². The monoisotopic (exact) mass is 198 g/mol. The normalized spacial score (nSPS) is 44.5. The van der Waals surface area contributed by atoms with E-state index in [0.717, 1.165) is 0 Å². The lowest BCUT2D eigenvalue weighted by atomic mass is 10.1. The van der Waals surface area contributed by atoms with E-state index in [2.05, 4.69) is 9.47 Å². The molecule has 0 aromatic rings. The van der Waals surface area contributed by atoms with Crippen molar-refractivity contribution in [2.75, 3.05) is 6.61 Å². The van der Waals surface area contributed by atoms with Crippen LogP contribution in [0, 0.1) is 0 Å². The van der Waals surface area contributed by atoms with Crippen LogP contribution in [0.5, 0.6) is 0 Å². The van der Waals surface area contributed by atoms with E-state index in [4.69, 9.17) is 23.2 Å². The number of rotatable bonds is 0. The van der Waals surface area contributed by atoms with Gasteiger partial charge in [-0.3, -0.25) is 0 Å². The minimum Gasteiger partial charge on any atom is -0.432 e. The fraction of sp³-hybridized carbons (Fsp3) is 0.833. The molecular formula is C6H8Cl2O3. The third-order valence-corrected chi connectivity index (χ3v) is 2.73. The van der Waals surface area contributed by atoms with Crippen LogP contribution in [0.15, 0.2) is 0 Å². The Bertz CT molecular complexity index is 188. The first kappa shape index (κ1) is 8.94. The second kappa shape index (κ2) is 2.42. The zero-order valence-corrected chi connectivity index (χ0v) is 7.70. The predicted octanol–water partition coefficient (Wildman–Crippen LogP) is 2.11. The van der Waals surface area contributed by atoms with E-state index >= 15 is 0 Å². The van der Waals surface area contributed by atoms with Crippen LogP contribution in [-0.4, -0.2) is 22.7 Å². The van der Waals surface area contributed by atoms with Gasteiger partial charge in [0.05, 0.1) is 0 Å². The number of alkyl halides is 2. The van der Waals surface area contributed by atoms with Gasteiger partial charge in [-0.2, -0.15) is 0 Å². The number of ether oxygens (including phenoxy) is 2. The second-order valence-corrected chi connectivity index (χ2v) is 4.31. The molecule has 0 aromatic heterocycles. The number of hydrogen-bond acceptors (Lipinski definition) is 3. The third kappa shape index (κ3) is 1.54. The highest BCUT2D eigenvalue weighted by Gasteiger charge is 2.50. The first-order valence-electron chi connectivity index (χ1n) is 3.09. The topological polar surface area (TPSA) is 35.5 Å². The molecule has 1 rings (SSSR count). The van der Waals surface area contributed by atoms with E-state index in [9.17, 15) is 4.79 Å². The van der Waals surface area contributed by atoms with Crippen LogP contribution in [-0.2, 0) is 9.47 Å². The van der Waals surface area contributed by atoms with Crippen molar-refractivity contribution >= 4 is 29.4 Å². The Labute approximate surface area is 74.6 Å². The van der Waals surface area contributed by atoms with Gasteiger partial charge < -0.3 is 9.47 Å². The predicted molar refractivity (Wildman–Crippen MR) is 40.9 cm³/mol. The van der Waals surface area contributed by atoms with Crippen molar-refractivity contribution in [3.05, 3.63) is 0 Å². The molecule has 0 aromatic carbocycles. The molecule has 1 aliphatic heterocycles. The van der Waals surface area contributed by atoms with Gasteiger partial charge in [-0.05, 0) is 13.8 Å². The summed E-state index contributed by atoms with van der Waals surface area (Å²) in [5.41, 5.74) is 0. The highest BCUT2D eigenvalue weighted by molar-refractivity contribution is 6.34.